The van der Waals surface area contributed by atoms with Gasteiger partial charge in [0.25, 0.3) is 10.1 Å². The number of hydrogen-bond acceptors (Lipinski definition) is 4. The monoisotopic (exact) mass is 485 g/mol. The van der Waals surface area contributed by atoms with Crippen LogP contribution in [0.2, 0.25) is 0 Å². The van der Waals surface area contributed by atoms with Crippen LogP contribution in [0.15, 0.2) is 4.99 Å². The first-order valence-electron chi connectivity index (χ1n) is 12.6. The van der Waals surface area contributed by atoms with E-state index in [2.05, 4.69) is 11.9 Å². The van der Waals surface area contributed by atoms with Gasteiger partial charge in [0.05, 0.1) is 5.75 Å². The third kappa shape index (κ3) is 31.0. The Bertz CT molecular complexity index is 498. The van der Waals surface area contributed by atoms with Crippen LogP contribution in [0.5, 0.6) is 0 Å². The third-order valence-corrected chi connectivity index (χ3v) is 6.40. The van der Waals surface area contributed by atoms with Crippen LogP contribution in [0.4, 0.5) is 0 Å². The average molecular weight is 486 g/mol. The molecular formula is C24H48KNO4S. The van der Waals surface area contributed by atoms with E-state index < -0.39 is 10.1 Å². The molecule has 7 heteroatoms. The van der Waals surface area contributed by atoms with E-state index in [9.17, 15) is 13.5 Å². The summed E-state index contributed by atoms with van der Waals surface area (Å²) < 4.78 is 29.7. The molecule has 0 unspecified atom stereocenters. The Morgan fingerprint density at radius 3 is 1.39 bits per heavy atom. The first kappa shape index (κ1) is 34.2. The molecule has 0 fully saturated rings. The molecule has 31 heavy (non-hydrogen) atoms. The van der Waals surface area contributed by atoms with Gasteiger partial charge in [0, 0.05) is 6.54 Å². The number of unbranched alkanes of at least 4 members (excludes halogenated alkanes) is 17. The standard InChI is InChI=1S/C24H49NO4S.K/c1-2-3-4-5-6-7-8-9-10-11-12-13-14-15-16-17-18-19-21-24(26)25-22-20-23-30(27,28)29;/h2-23H2,1H3,(H,25,26)(H,27,28,29);/q;+1/p-1. The van der Waals surface area contributed by atoms with Crippen molar-refractivity contribution in [3.8, 4) is 0 Å². The Kier molecular flexibility index (Phi) is 28.3. The van der Waals surface area contributed by atoms with Gasteiger partial charge in [-0.15, -0.1) is 0 Å². The van der Waals surface area contributed by atoms with Crippen LogP contribution >= 0.6 is 0 Å². The summed E-state index contributed by atoms with van der Waals surface area (Å²) >= 11 is 0. The minimum Gasteiger partial charge on any atom is -0.862 e. The third-order valence-electron chi connectivity index (χ3n) is 5.59. The smallest absolute Gasteiger partial charge is 0.862 e. The molecule has 0 aromatic carbocycles. The van der Waals surface area contributed by atoms with Crippen molar-refractivity contribution in [1.82, 2.24) is 0 Å². The summed E-state index contributed by atoms with van der Waals surface area (Å²) in [7, 11) is -3.94. The zero-order valence-electron chi connectivity index (χ0n) is 20.6. The molecule has 0 aromatic rings. The van der Waals surface area contributed by atoms with Crippen molar-refractivity contribution in [2.45, 2.75) is 135 Å². The van der Waals surface area contributed by atoms with E-state index in [1.165, 1.54) is 103 Å². The van der Waals surface area contributed by atoms with E-state index in [-0.39, 0.29) is 76.0 Å². The number of nitrogens with zero attached hydrogens (tertiary/aromatic N) is 1. The first-order valence-corrected chi connectivity index (χ1v) is 14.2. The van der Waals surface area contributed by atoms with E-state index in [1.807, 2.05) is 0 Å². The van der Waals surface area contributed by atoms with Crippen molar-refractivity contribution < 1.29 is 69.5 Å². The number of aliphatic imine (C=N–C) groups is 1. The summed E-state index contributed by atoms with van der Waals surface area (Å²) in [4.78, 5) is 3.83. The van der Waals surface area contributed by atoms with E-state index in [1.54, 1.807) is 0 Å². The molecule has 0 radical (unpaired) electrons. The second-order valence-corrected chi connectivity index (χ2v) is 10.2. The Balaban J connectivity index is 0. The van der Waals surface area contributed by atoms with Crippen LogP contribution in [-0.2, 0) is 10.1 Å². The molecule has 0 aromatic heterocycles. The van der Waals surface area contributed by atoms with Crippen molar-refractivity contribution in [2.24, 2.45) is 4.99 Å². The quantitative estimate of drug-likeness (QED) is 0.0789. The maximum atomic E-state index is 11.6. The maximum absolute atomic E-state index is 11.6. The molecular weight excluding hydrogens is 437 g/mol. The van der Waals surface area contributed by atoms with Crippen LogP contribution in [0.3, 0.4) is 0 Å². The van der Waals surface area contributed by atoms with Crippen molar-refractivity contribution in [1.29, 1.82) is 0 Å². The molecule has 0 amide bonds. The zero-order chi connectivity index (χ0) is 22.3. The summed E-state index contributed by atoms with van der Waals surface area (Å²) in [5.74, 6) is -0.481. The van der Waals surface area contributed by atoms with Crippen molar-refractivity contribution in [2.75, 3.05) is 12.3 Å². The van der Waals surface area contributed by atoms with Gasteiger partial charge >= 0.3 is 51.4 Å². The molecule has 0 aliphatic carbocycles. The molecule has 0 atom stereocenters. The molecule has 180 valence electrons. The van der Waals surface area contributed by atoms with Crippen molar-refractivity contribution in [3.05, 3.63) is 0 Å². The van der Waals surface area contributed by atoms with Crippen molar-refractivity contribution in [3.63, 3.8) is 0 Å². The molecule has 0 heterocycles. The van der Waals surface area contributed by atoms with Crippen LogP contribution in [0.25, 0.3) is 0 Å². The minimum atomic E-state index is -3.94. The first-order chi connectivity index (χ1) is 14.5. The molecule has 1 N–H and O–H groups in total. The maximum Gasteiger partial charge on any atom is 1.00 e. The van der Waals surface area contributed by atoms with Gasteiger partial charge in [0.2, 0.25) is 0 Å². The van der Waals surface area contributed by atoms with Gasteiger partial charge in [-0.25, -0.2) is 0 Å². The number of rotatable bonds is 23. The van der Waals surface area contributed by atoms with Crippen LogP contribution in [-0.4, -0.2) is 31.2 Å². The van der Waals surface area contributed by atoms with Crippen LogP contribution in [0, 0.1) is 0 Å². The normalized spacial score (nSPS) is 12.1. The van der Waals surface area contributed by atoms with Crippen molar-refractivity contribution >= 4 is 16.0 Å². The average Bonchev–Trinajstić information content (AvgIpc) is 2.69. The van der Waals surface area contributed by atoms with Gasteiger partial charge in [-0.2, -0.15) is 8.42 Å². The van der Waals surface area contributed by atoms with Crippen LogP contribution < -0.4 is 56.5 Å². The topological polar surface area (TPSA) is 89.8 Å². The van der Waals surface area contributed by atoms with Gasteiger partial charge in [-0.3, -0.25) is 4.55 Å². The summed E-state index contributed by atoms with van der Waals surface area (Å²) in [6, 6.07) is 0. The molecule has 0 aliphatic rings. The molecule has 0 bridgehead atoms. The van der Waals surface area contributed by atoms with Gasteiger partial charge in [-0.05, 0) is 25.2 Å². The molecule has 0 aliphatic heterocycles. The summed E-state index contributed by atoms with van der Waals surface area (Å²) in [5, 5.41) is 11.6. The van der Waals surface area contributed by atoms with Gasteiger partial charge in [0.1, 0.15) is 0 Å². The summed E-state index contributed by atoms with van der Waals surface area (Å²) in [6.45, 7) is 2.45. The minimum absolute atomic E-state index is 0. The van der Waals surface area contributed by atoms with Gasteiger partial charge < -0.3 is 10.1 Å². The number of hydrogen-bond donors (Lipinski definition) is 1. The van der Waals surface area contributed by atoms with E-state index in [0.29, 0.717) is 6.42 Å². The Morgan fingerprint density at radius 1 is 0.677 bits per heavy atom. The molecule has 0 spiro atoms. The Hall–Kier alpha value is 1.02. The summed E-state index contributed by atoms with van der Waals surface area (Å²) in [5.41, 5.74) is 0. The molecule has 0 saturated carbocycles. The fraction of sp³-hybridized carbons (Fsp3) is 0.958. The van der Waals surface area contributed by atoms with E-state index in [0.717, 1.165) is 12.8 Å². The molecule has 0 saturated heterocycles. The van der Waals surface area contributed by atoms with Crippen LogP contribution in [0.1, 0.15) is 135 Å². The zero-order valence-corrected chi connectivity index (χ0v) is 24.5. The fourth-order valence-corrected chi connectivity index (χ4v) is 4.20. The Labute approximate surface area is 235 Å². The fourth-order valence-electron chi connectivity index (χ4n) is 3.71. The Morgan fingerprint density at radius 2 is 1.03 bits per heavy atom. The predicted octanol–water partition coefficient (Wildman–Crippen LogP) is 3.46. The van der Waals surface area contributed by atoms with Gasteiger partial charge in [0.15, 0.2) is 0 Å². The van der Waals surface area contributed by atoms with E-state index in [4.69, 9.17) is 4.55 Å². The second-order valence-electron chi connectivity index (χ2n) is 8.68. The van der Waals surface area contributed by atoms with Gasteiger partial charge in [-0.1, -0.05) is 116 Å². The summed E-state index contributed by atoms with van der Waals surface area (Å²) in [6.07, 6.45) is 24.4. The predicted molar refractivity (Wildman–Crippen MR) is 127 cm³/mol. The van der Waals surface area contributed by atoms with E-state index >= 15 is 0 Å². The second kappa shape index (κ2) is 25.6. The molecule has 0 rings (SSSR count). The SMILES string of the molecule is CCCCCCCCCCCCCCCCCCCCC([O-])=NCCCS(=O)(=O)O.[K+]. The molecule has 5 nitrogen and oxygen atoms in total. The largest absolute Gasteiger partial charge is 1.00 e.